The van der Waals surface area contributed by atoms with E-state index in [1.807, 2.05) is 41.5 Å². The molecule has 0 fully saturated rings. The van der Waals surface area contributed by atoms with E-state index in [1.54, 1.807) is 0 Å². The molecule has 9 heteroatoms. The molecule has 6 nitrogen and oxygen atoms in total. The summed E-state index contributed by atoms with van der Waals surface area (Å²) < 4.78 is 25.6. The lowest BCUT2D eigenvalue weighted by Crippen LogP contribution is -2.09. The van der Waals surface area contributed by atoms with Gasteiger partial charge in [-0.2, -0.15) is 5.10 Å². The van der Waals surface area contributed by atoms with Crippen LogP contribution in [-0.2, 0) is 6.54 Å². The van der Waals surface area contributed by atoms with Crippen molar-refractivity contribution in [3.63, 3.8) is 0 Å². The molecule has 2 aromatic rings. The highest BCUT2D eigenvalue weighted by Gasteiger charge is 2.23. The predicted molar refractivity (Wildman–Crippen MR) is 95.9 cm³/mol. The summed E-state index contributed by atoms with van der Waals surface area (Å²) in [6.07, 6.45) is -2.70. The van der Waals surface area contributed by atoms with Gasteiger partial charge in [-0.3, -0.25) is 10.1 Å². The van der Waals surface area contributed by atoms with Crippen LogP contribution in [0.3, 0.4) is 0 Å². The van der Waals surface area contributed by atoms with E-state index in [0.29, 0.717) is 0 Å². The molecule has 0 radical (unpaired) electrons. The third kappa shape index (κ3) is 5.92. The summed E-state index contributed by atoms with van der Waals surface area (Å²) in [5, 5.41) is 14.8. The number of hydrogen-bond acceptors (Lipinski definition) is 4. The van der Waals surface area contributed by atoms with Crippen LogP contribution in [0.25, 0.3) is 10.9 Å². The molecule has 2 N–H and O–H groups in total. The van der Waals surface area contributed by atoms with E-state index < -0.39 is 17.9 Å². The number of aromatic nitrogens is 2. The Bertz CT molecular complexity index is 633. The number of nitro groups is 1. The Morgan fingerprint density at radius 1 is 1.25 bits per heavy atom. The van der Waals surface area contributed by atoms with Crippen molar-refractivity contribution in [3.8, 4) is 0 Å². The molecule has 24 heavy (non-hydrogen) atoms. The topological polar surface area (TPSA) is 87.0 Å². The van der Waals surface area contributed by atoms with Gasteiger partial charge in [-0.05, 0) is 6.07 Å². The molecule has 0 amide bonds. The van der Waals surface area contributed by atoms with Crippen LogP contribution in [0.4, 0.5) is 20.3 Å². The number of nitrogens with two attached hydrogens (primary N) is 1. The van der Waals surface area contributed by atoms with E-state index in [2.05, 4.69) is 5.10 Å². The van der Waals surface area contributed by atoms with Gasteiger partial charge in [-0.15, -0.1) is 0 Å². The molecule has 1 aromatic carbocycles. The third-order valence-electron chi connectivity index (χ3n) is 2.36. The van der Waals surface area contributed by atoms with Crippen LogP contribution in [0, 0.1) is 10.1 Å². The van der Waals surface area contributed by atoms with Crippen LogP contribution in [0.5, 0.6) is 0 Å². The van der Waals surface area contributed by atoms with E-state index in [9.17, 15) is 18.9 Å². The quantitative estimate of drug-likeness (QED) is 0.572. The number of hydrogen-bond donors (Lipinski definition) is 1. The van der Waals surface area contributed by atoms with Gasteiger partial charge in [0, 0.05) is 6.07 Å². The first-order valence-corrected chi connectivity index (χ1v) is 8.16. The molecule has 1 aromatic heterocycles. The molecule has 0 atom stereocenters. The summed E-state index contributed by atoms with van der Waals surface area (Å²) in [6.45, 7) is 11.2. The second-order valence-corrected chi connectivity index (χ2v) is 3.91. The van der Waals surface area contributed by atoms with Crippen molar-refractivity contribution in [1.29, 1.82) is 0 Å². The molecule has 0 aliphatic carbocycles. The summed E-state index contributed by atoms with van der Waals surface area (Å²) >= 11 is 5.85. The summed E-state index contributed by atoms with van der Waals surface area (Å²) in [5.74, 6) is -0.112. The fraction of sp³-hybridized carbons (Fsp3) is 0.533. The maximum absolute atomic E-state index is 12.4. The number of halogens is 3. The Labute approximate surface area is 145 Å². The van der Waals surface area contributed by atoms with E-state index in [0.717, 1.165) is 10.7 Å². The summed E-state index contributed by atoms with van der Waals surface area (Å²) in [4.78, 5) is 10.2. The minimum Gasteiger partial charge on any atom is -0.382 e. The lowest BCUT2D eigenvalue weighted by molar-refractivity contribution is -0.383. The van der Waals surface area contributed by atoms with Gasteiger partial charge in [0.05, 0.1) is 15.3 Å². The van der Waals surface area contributed by atoms with Crippen molar-refractivity contribution in [2.24, 2.45) is 0 Å². The van der Waals surface area contributed by atoms with Gasteiger partial charge >= 0.3 is 0 Å². The molecule has 0 unspecified atom stereocenters. The molecule has 0 aliphatic heterocycles. The highest BCUT2D eigenvalue weighted by Crippen LogP contribution is 2.35. The largest absolute Gasteiger partial charge is 0.382 e. The zero-order valence-electron chi connectivity index (χ0n) is 14.8. The van der Waals surface area contributed by atoms with Crippen LogP contribution < -0.4 is 5.73 Å². The smallest absolute Gasteiger partial charge is 0.295 e. The Hall–Kier alpha value is -1.96. The Balaban J connectivity index is 0. The van der Waals surface area contributed by atoms with Gasteiger partial charge in [-0.1, -0.05) is 53.1 Å². The number of nitrogens with zero attached hydrogens (tertiary/aromatic N) is 3. The number of nitrogen functional groups attached to an aromatic ring is 1. The maximum atomic E-state index is 12.4. The van der Waals surface area contributed by atoms with Crippen LogP contribution in [0.1, 0.15) is 41.5 Å². The molecule has 1 heterocycles. The van der Waals surface area contributed by atoms with Crippen LogP contribution in [-0.4, -0.2) is 21.1 Å². The first-order valence-electron chi connectivity index (χ1n) is 7.79. The summed E-state index contributed by atoms with van der Waals surface area (Å²) in [7, 11) is 0. The van der Waals surface area contributed by atoms with Gasteiger partial charge in [0.25, 0.3) is 12.1 Å². The monoisotopic (exact) mass is 366 g/mol. The second-order valence-electron chi connectivity index (χ2n) is 3.51. The van der Waals surface area contributed by atoms with E-state index >= 15 is 0 Å². The Morgan fingerprint density at radius 3 is 2.17 bits per heavy atom. The third-order valence-corrected chi connectivity index (χ3v) is 2.67. The molecule has 2 rings (SSSR count). The fourth-order valence-electron chi connectivity index (χ4n) is 1.70. The van der Waals surface area contributed by atoms with Crippen molar-refractivity contribution < 1.29 is 13.7 Å². The molecule has 0 saturated carbocycles. The highest BCUT2D eigenvalue weighted by atomic mass is 35.5. The lowest BCUT2D eigenvalue weighted by atomic mass is 10.2. The van der Waals surface area contributed by atoms with E-state index in [-0.39, 0.29) is 27.4 Å². The molecule has 138 valence electrons. The SMILES string of the molecule is CC.CC.CC.Nc1nn(CC(F)F)c2c([N+](=O)[O-])ccc(Cl)c12. The van der Waals surface area contributed by atoms with E-state index in [4.69, 9.17) is 17.3 Å². The first kappa shape index (κ1) is 24.3. The van der Waals surface area contributed by atoms with Gasteiger partial charge in [0.2, 0.25) is 0 Å². The number of nitro benzene ring substituents is 1. The van der Waals surface area contributed by atoms with Crippen molar-refractivity contribution in [2.45, 2.75) is 54.5 Å². The second kappa shape index (κ2) is 12.5. The zero-order valence-corrected chi connectivity index (χ0v) is 15.6. The molecule has 0 saturated heterocycles. The number of rotatable bonds is 3. The average molecular weight is 367 g/mol. The zero-order chi connectivity index (χ0) is 19.4. The normalized spacial score (nSPS) is 9.25. The molecule has 0 bridgehead atoms. The van der Waals surface area contributed by atoms with Gasteiger partial charge in [-0.25, -0.2) is 13.5 Å². The van der Waals surface area contributed by atoms with Crippen LogP contribution >= 0.6 is 11.6 Å². The van der Waals surface area contributed by atoms with Gasteiger partial charge < -0.3 is 5.73 Å². The van der Waals surface area contributed by atoms with Crippen molar-refractivity contribution in [1.82, 2.24) is 9.78 Å². The number of anilines is 1. The van der Waals surface area contributed by atoms with Gasteiger partial charge in [0.15, 0.2) is 5.82 Å². The van der Waals surface area contributed by atoms with Crippen molar-refractivity contribution in [3.05, 3.63) is 27.3 Å². The average Bonchev–Trinajstić information content (AvgIpc) is 2.90. The predicted octanol–water partition coefficient (Wildman–Crippen LogP) is 5.52. The van der Waals surface area contributed by atoms with Crippen LogP contribution in [0.15, 0.2) is 12.1 Å². The fourth-order valence-corrected chi connectivity index (χ4v) is 1.95. The number of benzene rings is 1. The van der Waals surface area contributed by atoms with Crippen molar-refractivity contribution >= 4 is 34.0 Å². The van der Waals surface area contributed by atoms with Crippen LogP contribution in [0.2, 0.25) is 5.02 Å². The molecule has 0 spiro atoms. The van der Waals surface area contributed by atoms with Gasteiger partial charge in [0.1, 0.15) is 12.1 Å². The molecule has 0 aliphatic rings. The molecular weight excluding hydrogens is 342 g/mol. The highest BCUT2D eigenvalue weighted by molar-refractivity contribution is 6.36. The number of alkyl halides is 2. The molecular formula is C15H25ClF2N4O2. The minimum atomic E-state index is -2.70. The lowest BCUT2D eigenvalue weighted by Gasteiger charge is -2.03. The van der Waals surface area contributed by atoms with E-state index in [1.165, 1.54) is 6.07 Å². The summed E-state index contributed by atoms with van der Waals surface area (Å²) in [6, 6.07) is 2.42. The standard InChI is InChI=1S/C9H7ClF2N4O2.3C2H6/c10-4-1-2-5(16(17)18)8-7(4)9(13)14-15(8)3-6(11)12;3*1-2/h1-2,6H,3H2,(H2,13,14);3*1-2H3. The Kier molecular flexibility index (Phi) is 12.6. The summed E-state index contributed by atoms with van der Waals surface area (Å²) in [5.41, 5.74) is 5.08. The first-order chi connectivity index (χ1) is 11.4. The maximum Gasteiger partial charge on any atom is 0.295 e. The number of non-ortho nitro benzene ring substituents is 1. The minimum absolute atomic E-state index is 0.0923. The Morgan fingerprint density at radius 2 is 1.75 bits per heavy atom. The van der Waals surface area contributed by atoms with Crippen molar-refractivity contribution in [2.75, 3.05) is 5.73 Å². The number of fused-ring (bicyclic) bond motifs is 1.